The summed E-state index contributed by atoms with van der Waals surface area (Å²) in [5.74, 6) is 0.0410. The molecule has 0 spiro atoms. The van der Waals surface area contributed by atoms with Crippen LogP contribution < -0.4 is 5.73 Å². The van der Waals surface area contributed by atoms with Crippen LogP contribution in [0.15, 0.2) is 29.2 Å². The molecule has 1 unspecified atom stereocenters. The largest absolute Gasteiger partial charge is 0.446 e. The number of rotatable bonds is 5. The van der Waals surface area contributed by atoms with Gasteiger partial charge in [-0.05, 0) is 35.4 Å². The van der Waals surface area contributed by atoms with E-state index in [0.29, 0.717) is 5.56 Å². The third kappa shape index (κ3) is 5.91. The number of aliphatic hydroxyl groups excluding tert-OH is 1. The normalized spacial score (nSPS) is 16.1. The van der Waals surface area contributed by atoms with Crippen molar-refractivity contribution in [1.82, 2.24) is 0 Å². The highest BCUT2D eigenvalue weighted by molar-refractivity contribution is 8.00. The molecule has 3 atom stereocenters. The second-order valence-corrected chi connectivity index (χ2v) is 5.66. The molecule has 0 heterocycles. The fourth-order valence-electron chi connectivity index (χ4n) is 1.68. The highest BCUT2D eigenvalue weighted by Gasteiger charge is 2.29. The average Bonchev–Trinajstić information content (AvgIpc) is 2.35. The molecule has 116 valence electrons. The van der Waals surface area contributed by atoms with E-state index in [0.717, 1.165) is 6.42 Å². The van der Waals surface area contributed by atoms with Gasteiger partial charge in [0.15, 0.2) is 0 Å². The molecule has 0 amide bonds. The lowest BCUT2D eigenvalue weighted by Gasteiger charge is -2.24. The Balaban J connectivity index is 0.00000361. The number of nitrogens with two attached hydrogens (primary N) is 1. The first-order valence-corrected chi connectivity index (χ1v) is 6.85. The fourth-order valence-corrected chi connectivity index (χ4v) is 2.22. The first kappa shape index (κ1) is 19.6. The number of thioether (sulfide) groups is 1. The third-order valence-electron chi connectivity index (χ3n) is 3.09. The van der Waals surface area contributed by atoms with Gasteiger partial charge in [-0.1, -0.05) is 32.4 Å². The van der Waals surface area contributed by atoms with Crippen molar-refractivity contribution < 1.29 is 18.3 Å². The number of hydrogen-bond acceptors (Lipinski definition) is 3. The Labute approximate surface area is 127 Å². The van der Waals surface area contributed by atoms with Gasteiger partial charge in [0.2, 0.25) is 0 Å². The molecule has 0 saturated carbocycles. The second-order valence-electron chi connectivity index (χ2n) is 4.52. The SMILES string of the molecule is CCC(C)[C@H](O)[C@H](N)c1ccc(SC(F)(F)F)cc1.Cl. The Morgan fingerprint density at radius 3 is 2.15 bits per heavy atom. The number of alkyl halides is 3. The summed E-state index contributed by atoms with van der Waals surface area (Å²) in [6.07, 6.45) is 0.0859. The molecule has 0 aliphatic heterocycles. The molecular formula is C13H19ClF3NOS. The maximum Gasteiger partial charge on any atom is 0.446 e. The summed E-state index contributed by atoms with van der Waals surface area (Å²) in [7, 11) is 0. The van der Waals surface area contributed by atoms with Gasteiger partial charge >= 0.3 is 5.51 Å². The number of hydrogen-bond donors (Lipinski definition) is 2. The number of aliphatic hydroxyl groups is 1. The van der Waals surface area contributed by atoms with Crippen molar-refractivity contribution >= 4 is 24.2 Å². The summed E-state index contributed by atoms with van der Waals surface area (Å²) >= 11 is -0.163. The zero-order valence-corrected chi connectivity index (χ0v) is 12.9. The van der Waals surface area contributed by atoms with E-state index >= 15 is 0 Å². The Morgan fingerprint density at radius 1 is 1.25 bits per heavy atom. The maximum absolute atomic E-state index is 12.2. The molecule has 0 aliphatic carbocycles. The molecule has 0 bridgehead atoms. The molecule has 0 saturated heterocycles. The molecule has 3 N–H and O–H groups in total. The molecule has 0 aliphatic rings. The fraction of sp³-hybridized carbons (Fsp3) is 0.538. The van der Waals surface area contributed by atoms with Crippen molar-refractivity contribution in [2.75, 3.05) is 0 Å². The predicted octanol–water partition coefficient (Wildman–Crippen LogP) is 4.13. The summed E-state index contributed by atoms with van der Waals surface area (Å²) in [6, 6.07) is 5.22. The minimum atomic E-state index is -4.29. The third-order valence-corrected chi connectivity index (χ3v) is 3.83. The van der Waals surface area contributed by atoms with Crippen LogP contribution in [0.4, 0.5) is 13.2 Å². The van der Waals surface area contributed by atoms with Crippen LogP contribution in [0.2, 0.25) is 0 Å². The van der Waals surface area contributed by atoms with Crippen LogP contribution in [-0.2, 0) is 0 Å². The quantitative estimate of drug-likeness (QED) is 0.798. The van der Waals surface area contributed by atoms with E-state index in [4.69, 9.17) is 5.73 Å². The number of benzene rings is 1. The van der Waals surface area contributed by atoms with Gasteiger partial charge in [0.1, 0.15) is 0 Å². The van der Waals surface area contributed by atoms with E-state index in [9.17, 15) is 18.3 Å². The highest BCUT2D eigenvalue weighted by Crippen LogP contribution is 2.37. The van der Waals surface area contributed by atoms with Gasteiger partial charge in [0.05, 0.1) is 12.1 Å². The molecule has 2 nitrogen and oxygen atoms in total. The summed E-state index contributed by atoms with van der Waals surface area (Å²) in [5, 5.41) is 9.99. The summed E-state index contributed by atoms with van der Waals surface area (Å²) < 4.78 is 36.5. The van der Waals surface area contributed by atoms with Crippen LogP contribution in [0.1, 0.15) is 31.9 Å². The van der Waals surface area contributed by atoms with E-state index in [1.54, 1.807) is 0 Å². The van der Waals surface area contributed by atoms with Gasteiger partial charge in [-0.15, -0.1) is 12.4 Å². The molecule has 0 fully saturated rings. The van der Waals surface area contributed by atoms with Gasteiger partial charge < -0.3 is 10.8 Å². The van der Waals surface area contributed by atoms with E-state index in [-0.39, 0.29) is 35.0 Å². The summed E-state index contributed by atoms with van der Waals surface area (Å²) in [5.41, 5.74) is 2.26. The Bertz CT molecular complexity index is 400. The van der Waals surface area contributed by atoms with E-state index in [1.165, 1.54) is 24.3 Å². The van der Waals surface area contributed by atoms with Gasteiger partial charge in [0, 0.05) is 4.90 Å². The minimum Gasteiger partial charge on any atom is -0.391 e. The lowest BCUT2D eigenvalue weighted by Crippen LogP contribution is -2.31. The minimum absolute atomic E-state index is 0. The zero-order valence-electron chi connectivity index (χ0n) is 11.2. The second kappa shape index (κ2) is 8.12. The molecule has 1 aromatic carbocycles. The van der Waals surface area contributed by atoms with Crippen molar-refractivity contribution in [2.24, 2.45) is 11.7 Å². The monoisotopic (exact) mass is 329 g/mol. The van der Waals surface area contributed by atoms with Crippen molar-refractivity contribution in [2.45, 2.75) is 42.8 Å². The zero-order chi connectivity index (χ0) is 14.6. The van der Waals surface area contributed by atoms with Crippen LogP contribution in [0.5, 0.6) is 0 Å². The molecule has 7 heteroatoms. The molecule has 0 radical (unpaired) electrons. The van der Waals surface area contributed by atoms with Crippen molar-refractivity contribution in [3.63, 3.8) is 0 Å². The average molecular weight is 330 g/mol. The first-order chi connectivity index (χ1) is 8.74. The standard InChI is InChI=1S/C13H18F3NOS.ClH/c1-3-8(2)12(18)11(17)9-4-6-10(7-5-9)19-13(14,15)16;/h4-8,11-12,18H,3,17H2,1-2H3;1H/t8?,11-,12+;/m1./s1. The van der Waals surface area contributed by atoms with Crippen molar-refractivity contribution in [3.8, 4) is 0 Å². The lowest BCUT2D eigenvalue weighted by atomic mass is 9.92. The summed E-state index contributed by atoms with van der Waals surface area (Å²) in [4.78, 5) is 0.112. The molecule has 20 heavy (non-hydrogen) atoms. The molecule has 1 rings (SSSR count). The molecule has 0 aromatic heterocycles. The highest BCUT2D eigenvalue weighted by atomic mass is 35.5. The molecular weight excluding hydrogens is 311 g/mol. The van der Waals surface area contributed by atoms with Crippen molar-refractivity contribution in [3.05, 3.63) is 29.8 Å². The molecule has 1 aromatic rings. The van der Waals surface area contributed by atoms with Gasteiger partial charge in [0.25, 0.3) is 0 Å². The smallest absolute Gasteiger partial charge is 0.391 e. The van der Waals surface area contributed by atoms with E-state index < -0.39 is 17.7 Å². The maximum atomic E-state index is 12.2. The van der Waals surface area contributed by atoms with Crippen LogP contribution in [0.3, 0.4) is 0 Å². The summed E-state index contributed by atoms with van der Waals surface area (Å²) in [6.45, 7) is 3.84. The van der Waals surface area contributed by atoms with Crippen molar-refractivity contribution in [1.29, 1.82) is 0 Å². The Hall–Kier alpha value is -0.430. The van der Waals surface area contributed by atoms with Crippen LogP contribution in [-0.4, -0.2) is 16.7 Å². The Kier molecular flexibility index (Phi) is 7.95. The van der Waals surface area contributed by atoms with Gasteiger partial charge in [-0.3, -0.25) is 0 Å². The topological polar surface area (TPSA) is 46.2 Å². The van der Waals surface area contributed by atoms with E-state index in [2.05, 4.69) is 0 Å². The van der Waals surface area contributed by atoms with Gasteiger partial charge in [-0.25, -0.2) is 0 Å². The van der Waals surface area contributed by atoms with Gasteiger partial charge in [-0.2, -0.15) is 13.2 Å². The van der Waals surface area contributed by atoms with Crippen LogP contribution >= 0.6 is 24.2 Å². The predicted molar refractivity (Wildman–Crippen MR) is 78.0 cm³/mol. The Morgan fingerprint density at radius 2 is 1.75 bits per heavy atom. The van der Waals surface area contributed by atoms with Crippen LogP contribution in [0.25, 0.3) is 0 Å². The first-order valence-electron chi connectivity index (χ1n) is 6.04. The lowest BCUT2D eigenvalue weighted by molar-refractivity contribution is -0.0328. The van der Waals surface area contributed by atoms with Crippen LogP contribution in [0, 0.1) is 5.92 Å². The van der Waals surface area contributed by atoms with E-state index in [1.807, 2.05) is 13.8 Å². The number of halogens is 4.